The highest BCUT2D eigenvalue weighted by Gasteiger charge is 2.17. The first-order valence-electron chi connectivity index (χ1n) is 7.40. The largest absolute Gasteiger partial charge is 0.493 e. The number of imidazole rings is 1. The number of hydrogen-bond donors (Lipinski definition) is 1. The standard InChI is InChI=1S/C15H20N4OS.ClH/c1-11-7-14(20)18-15(17-11)21-9-13-8-16-10-19(13)12-5-3-2-4-6-12;/h7-8,10,12H,2-6,9H2,1H3,(H,17,18,20);1H. The van der Waals surface area contributed by atoms with Crippen molar-refractivity contribution in [3.8, 4) is 5.88 Å². The van der Waals surface area contributed by atoms with Gasteiger partial charge in [-0.05, 0) is 19.8 Å². The van der Waals surface area contributed by atoms with Crippen LogP contribution in [0.4, 0.5) is 0 Å². The molecule has 1 aliphatic carbocycles. The van der Waals surface area contributed by atoms with E-state index in [1.807, 2.05) is 19.4 Å². The van der Waals surface area contributed by atoms with Crippen molar-refractivity contribution < 1.29 is 5.11 Å². The summed E-state index contributed by atoms with van der Waals surface area (Å²) in [7, 11) is 0. The van der Waals surface area contributed by atoms with Gasteiger partial charge in [0.2, 0.25) is 5.88 Å². The summed E-state index contributed by atoms with van der Waals surface area (Å²) in [5, 5.41) is 10.1. The van der Waals surface area contributed by atoms with Gasteiger partial charge >= 0.3 is 0 Å². The molecular weight excluding hydrogens is 320 g/mol. The van der Waals surface area contributed by atoms with Crippen molar-refractivity contribution in [3.63, 3.8) is 0 Å². The fourth-order valence-electron chi connectivity index (χ4n) is 2.86. The zero-order valence-corrected chi connectivity index (χ0v) is 14.2. The van der Waals surface area contributed by atoms with Crippen LogP contribution >= 0.6 is 24.2 Å². The van der Waals surface area contributed by atoms with E-state index in [0.29, 0.717) is 11.2 Å². The molecule has 0 bridgehead atoms. The van der Waals surface area contributed by atoms with E-state index in [0.717, 1.165) is 11.4 Å². The Bertz CT molecular complexity index is 593. The number of thioether (sulfide) groups is 1. The van der Waals surface area contributed by atoms with Crippen LogP contribution in [0.3, 0.4) is 0 Å². The Morgan fingerprint density at radius 3 is 2.77 bits per heavy atom. The Balaban J connectivity index is 0.00000176. The number of halogens is 1. The average Bonchev–Trinajstić information content (AvgIpc) is 2.93. The van der Waals surface area contributed by atoms with Crippen molar-refractivity contribution in [2.24, 2.45) is 0 Å². The minimum absolute atomic E-state index is 0. The Labute approximate surface area is 141 Å². The summed E-state index contributed by atoms with van der Waals surface area (Å²) in [5.74, 6) is 0.810. The molecule has 5 nitrogen and oxygen atoms in total. The van der Waals surface area contributed by atoms with Gasteiger partial charge in [0.25, 0.3) is 0 Å². The summed E-state index contributed by atoms with van der Waals surface area (Å²) in [6.07, 6.45) is 10.3. The van der Waals surface area contributed by atoms with Crippen molar-refractivity contribution in [1.82, 2.24) is 19.5 Å². The molecule has 0 radical (unpaired) electrons. The normalized spacial score (nSPS) is 15.5. The van der Waals surface area contributed by atoms with E-state index < -0.39 is 0 Å². The van der Waals surface area contributed by atoms with Gasteiger partial charge in [0.1, 0.15) is 0 Å². The number of aromatic hydroxyl groups is 1. The first kappa shape index (κ1) is 17.1. The second-order valence-electron chi connectivity index (χ2n) is 5.52. The molecule has 1 N–H and O–H groups in total. The smallest absolute Gasteiger partial charge is 0.215 e. The maximum atomic E-state index is 9.53. The fourth-order valence-corrected chi connectivity index (χ4v) is 3.73. The second kappa shape index (κ2) is 7.83. The van der Waals surface area contributed by atoms with E-state index in [-0.39, 0.29) is 18.3 Å². The number of hydrogen-bond acceptors (Lipinski definition) is 5. The van der Waals surface area contributed by atoms with Crippen LogP contribution in [0, 0.1) is 6.92 Å². The molecule has 0 spiro atoms. The molecule has 2 heterocycles. The topological polar surface area (TPSA) is 63.8 Å². The Morgan fingerprint density at radius 2 is 2.05 bits per heavy atom. The van der Waals surface area contributed by atoms with Gasteiger partial charge in [-0.1, -0.05) is 31.0 Å². The van der Waals surface area contributed by atoms with Crippen molar-refractivity contribution in [1.29, 1.82) is 0 Å². The predicted molar refractivity (Wildman–Crippen MR) is 89.6 cm³/mol. The van der Waals surface area contributed by atoms with Crippen molar-refractivity contribution in [2.45, 2.75) is 56.0 Å². The van der Waals surface area contributed by atoms with Crippen molar-refractivity contribution in [3.05, 3.63) is 30.0 Å². The number of aryl methyl sites for hydroxylation is 1. The molecule has 0 amide bonds. The average molecular weight is 341 g/mol. The molecule has 0 atom stereocenters. The lowest BCUT2D eigenvalue weighted by molar-refractivity contribution is 0.348. The SMILES string of the molecule is Cc1cc(O)nc(SCc2cncn2C2CCCCC2)n1.Cl. The maximum Gasteiger partial charge on any atom is 0.215 e. The summed E-state index contributed by atoms with van der Waals surface area (Å²) < 4.78 is 2.31. The van der Waals surface area contributed by atoms with E-state index >= 15 is 0 Å². The van der Waals surface area contributed by atoms with Crippen LogP contribution in [0.25, 0.3) is 0 Å². The highest BCUT2D eigenvalue weighted by atomic mass is 35.5. The molecule has 120 valence electrons. The van der Waals surface area contributed by atoms with Crippen molar-refractivity contribution >= 4 is 24.2 Å². The molecule has 22 heavy (non-hydrogen) atoms. The third-order valence-corrected chi connectivity index (χ3v) is 4.76. The number of rotatable bonds is 4. The van der Waals surface area contributed by atoms with Gasteiger partial charge in [0, 0.05) is 35.4 Å². The second-order valence-corrected chi connectivity index (χ2v) is 6.47. The molecule has 1 saturated carbocycles. The van der Waals surface area contributed by atoms with E-state index in [9.17, 15) is 5.11 Å². The van der Waals surface area contributed by atoms with Gasteiger partial charge in [0.15, 0.2) is 5.16 Å². The third-order valence-electron chi connectivity index (χ3n) is 3.88. The van der Waals surface area contributed by atoms with Crippen LogP contribution in [0.15, 0.2) is 23.7 Å². The molecule has 3 rings (SSSR count). The van der Waals surface area contributed by atoms with Crippen LogP contribution in [0.5, 0.6) is 5.88 Å². The van der Waals surface area contributed by atoms with E-state index in [2.05, 4.69) is 19.5 Å². The zero-order valence-electron chi connectivity index (χ0n) is 12.6. The van der Waals surface area contributed by atoms with Crippen LogP contribution in [-0.4, -0.2) is 24.6 Å². The third kappa shape index (κ3) is 4.14. The molecule has 0 aromatic carbocycles. The summed E-state index contributed by atoms with van der Waals surface area (Å²) in [6.45, 7) is 1.86. The van der Waals surface area contributed by atoms with E-state index in [1.165, 1.54) is 37.8 Å². The molecule has 0 aliphatic heterocycles. The van der Waals surface area contributed by atoms with Gasteiger partial charge in [-0.3, -0.25) is 0 Å². The van der Waals surface area contributed by atoms with Crippen molar-refractivity contribution in [2.75, 3.05) is 0 Å². The quantitative estimate of drug-likeness (QED) is 0.675. The predicted octanol–water partition coefficient (Wildman–Crippen LogP) is 3.91. The Hall–Kier alpha value is -1.27. The number of aromatic nitrogens is 4. The molecule has 7 heteroatoms. The summed E-state index contributed by atoms with van der Waals surface area (Å²) in [5.41, 5.74) is 1.99. The van der Waals surface area contributed by atoms with Crippen LogP contribution in [0.2, 0.25) is 0 Å². The van der Waals surface area contributed by atoms with Gasteiger partial charge in [-0.2, -0.15) is 4.98 Å². The summed E-state index contributed by atoms with van der Waals surface area (Å²) in [4.78, 5) is 12.7. The molecule has 2 aromatic rings. The molecule has 0 saturated heterocycles. The zero-order chi connectivity index (χ0) is 14.7. The monoisotopic (exact) mass is 340 g/mol. The number of nitrogens with zero attached hydrogens (tertiary/aromatic N) is 4. The summed E-state index contributed by atoms with van der Waals surface area (Å²) in [6, 6.07) is 2.15. The fraction of sp³-hybridized carbons (Fsp3) is 0.533. The summed E-state index contributed by atoms with van der Waals surface area (Å²) >= 11 is 1.54. The Morgan fingerprint density at radius 1 is 1.27 bits per heavy atom. The van der Waals surface area contributed by atoms with Crippen LogP contribution in [-0.2, 0) is 5.75 Å². The first-order valence-corrected chi connectivity index (χ1v) is 8.39. The molecule has 1 fully saturated rings. The molecule has 2 aromatic heterocycles. The van der Waals surface area contributed by atoms with Gasteiger partial charge in [0.05, 0.1) is 6.33 Å². The van der Waals surface area contributed by atoms with Crippen LogP contribution < -0.4 is 0 Å². The van der Waals surface area contributed by atoms with Crippen LogP contribution in [0.1, 0.15) is 49.5 Å². The molecule has 0 unspecified atom stereocenters. The Kier molecular flexibility index (Phi) is 6.08. The lowest BCUT2D eigenvalue weighted by Gasteiger charge is -2.24. The minimum Gasteiger partial charge on any atom is -0.493 e. The van der Waals surface area contributed by atoms with E-state index in [1.54, 1.807) is 17.8 Å². The van der Waals surface area contributed by atoms with Gasteiger partial charge in [-0.15, -0.1) is 12.4 Å². The van der Waals surface area contributed by atoms with Gasteiger partial charge in [-0.25, -0.2) is 9.97 Å². The van der Waals surface area contributed by atoms with Gasteiger partial charge < -0.3 is 9.67 Å². The minimum atomic E-state index is 0. The highest BCUT2D eigenvalue weighted by molar-refractivity contribution is 7.98. The first-order chi connectivity index (χ1) is 10.2. The lowest BCUT2D eigenvalue weighted by atomic mass is 9.95. The molecule has 1 aliphatic rings. The lowest BCUT2D eigenvalue weighted by Crippen LogP contribution is -2.14. The maximum absolute atomic E-state index is 9.53. The molecular formula is C15H21ClN4OS. The van der Waals surface area contributed by atoms with E-state index in [4.69, 9.17) is 0 Å². The highest BCUT2D eigenvalue weighted by Crippen LogP contribution is 2.30.